The second-order valence-electron chi connectivity index (χ2n) is 33.2. The van der Waals surface area contributed by atoms with Gasteiger partial charge >= 0.3 is 0 Å². The molecular weight excluding hydrogens is 1650 g/mol. The second-order valence-corrected chi connectivity index (χ2v) is 44.8. The molecule has 0 aliphatic carbocycles. The third-order valence-electron chi connectivity index (χ3n) is 23.5. The highest BCUT2D eigenvalue weighted by Gasteiger charge is 2.30. The molecule has 2 atom stereocenters. The summed E-state index contributed by atoms with van der Waals surface area (Å²) in [5.41, 5.74) is 8.43. The summed E-state index contributed by atoms with van der Waals surface area (Å²) in [6.07, 6.45) is 4.95. The fourth-order valence-corrected chi connectivity index (χ4v) is 31.3. The predicted molar refractivity (Wildman–Crippen MR) is 562 cm³/mol. The van der Waals surface area contributed by atoms with Gasteiger partial charge in [0.1, 0.15) is 28.0 Å². The molecule has 0 spiro atoms. The minimum Gasteiger partial charge on any atom is -0.507 e. The van der Waals surface area contributed by atoms with Crippen molar-refractivity contribution in [1.82, 2.24) is 0 Å². The maximum absolute atomic E-state index is 10.1. The molecule has 126 heavy (non-hydrogen) atoms. The molecule has 624 valence electrons. The maximum atomic E-state index is 10.1. The minimum absolute atomic E-state index is 0.0269. The average Bonchev–Trinajstić information content (AvgIpc) is 1.61. The van der Waals surface area contributed by atoms with Gasteiger partial charge in [0.05, 0.1) is 13.7 Å². The van der Waals surface area contributed by atoms with E-state index in [0.717, 1.165) is 35.7 Å². The Kier molecular flexibility index (Phi) is 26.4. The summed E-state index contributed by atoms with van der Waals surface area (Å²) in [5, 5.41) is 28.4. The first kappa shape index (κ1) is 85.9. The first-order valence-electron chi connectivity index (χ1n) is 43.6. The number of unbranched alkanes of at least 4 members (excludes halogenated alkanes) is 3. The largest absolute Gasteiger partial charge is 0.507 e. The molecular formula is C117H108O3S6+6. The maximum Gasteiger partial charge on any atom is 0.187 e. The Morgan fingerprint density at radius 2 is 0.532 bits per heavy atom. The number of hydrogen-bond acceptors (Lipinski definition) is 3. The van der Waals surface area contributed by atoms with Gasteiger partial charge in [-0.2, -0.15) is 0 Å². The van der Waals surface area contributed by atoms with Crippen LogP contribution < -0.4 is 9.47 Å². The van der Waals surface area contributed by atoms with E-state index < -0.39 is 0 Å². The average molecular weight is 1750 g/mol. The van der Waals surface area contributed by atoms with E-state index in [2.05, 4.69) is 442 Å². The van der Waals surface area contributed by atoms with Crippen LogP contribution in [0.5, 0.6) is 17.2 Å². The van der Waals surface area contributed by atoms with E-state index in [1.807, 2.05) is 13.8 Å². The summed E-state index contributed by atoms with van der Waals surface area (Å²) in [6.45, 7) is 22.4. The smallest absolute Gasteiger partial charge is 0.187 e. The number of hydrogen-bond donors (Lipinski definition) is 1. The molecule has 0 aliphatic rings. The number of phenols is 1. The van der Waals surface area contributed by atoms with Crippen molar-refractivity contribution in [3.8, 4) is 46.6 Å². The van der Waals surface area contributed by atoms with Gasteiger partial charge in [-0.15, -0.1) is 0 Å². The van der Waals surface area contributed by atoms with Crippen molar-refractivity contribution in [3.63, 3.8) is 0 Å². The van der Waals surface area contributed by atoms with Crippen LogP contribution in [0.3, 0.4) is 0 Å². The molecule has 1 N–H and O–H groups in total. The third-order valence-corrected chi connectivity index (χ3v) is 36.8. The highest BCUT2D eigenvalue weighted by atomic mass is 32.2. The lowest BCUT2D eigenvalue weighted by Crippen LogP contribution is -2.10. The number of phenolic OH excluding ortho intramolecular Hbond substituents is 1. The van der Waals surface area contributed by atoms with E-state index >= 15 is 0 Å². The summed E-state index contributed by atoms with van der Waals surface area (Å²) in [6, 6.07) is 136. The molecule has 16 aromatic carbocycles. The Bertz CT molecular complexity index is 7310. The van der Waals surface area contributed by atoms with Crippen LogP contribution in [0.15, 0.2) is 387 Å². The second kappa shape index (κ2) is 38.7. The minimum atomic E-state index is -0.0805. The van der Waals surface area contributed by atoms with Crippen LogP contribution in [0.25, 0.3) is 130 Å². The van der Waals surface area contributed by atoms with Gasteiger partial charge < -0.3 is 14.6 Å². The number of ether oxygens (including phenoxy) is 2. The Morgan fingerprint density at radius 3 is 0.849 bits per heavy atom. The van der Waals surface area contributed by atoms with Gasteiger partial charge in [-0.25, -0.2) is 0 Å². The summed E-state index contributed by atoms with van der Waals surface area (Å²) < 4.78 is 26.0. The number of thiophene rings is 6. The molecule has 6 aromatic heterocycles. The number of methoxy groups -OCH3 is 1. The zero-order valence-electron chi connectivity index (χ0n) is 73.7. The fourth-order valence-electron chi connectivity index (χ4n) is 17.5. The molecule has 0 saturated carbocycles. The first-order valence-corrected chi connectivity index (χ1v) is 51.1. The lowest BCUT2D eigenvalue weighted by molar-refractivity contribution is 0.301. The molecule has 2 unspecified atom stereocenters. The summed E-state index contributed by atoms with van der Waals surface area (Å²) >= 11 is 0. The van der Waals surface area contributed by atoms with Gasteiger partial charge in [-0.3, -0.25) is 0 Å². The van der Waals surface area contributed by atoms with Crippen LogP contribution in [0, 0.1) is 41.5 Å². The van der Waals surface area contributed by atoms with Crippen LogP contribution in [-0.4, -0.2) is 18.8 Å². The van der Waals surface area contributed by atoms with Gasteiger partial charge in [0.25, 0.3) is 0 Å². The summed E-state index contributed by atoms with van der Waals surface area (Å²) in [5.74, 6) is 2.48. The van der Waals surface area contributed by atoms with Crippen molar-refractivity contribution in [2.24, 2.45) is 0 Å². The molecule has 0 bridgehead atoms. The first-order chi connectivity index (χ1) is 61.5. The van der Waals surface area contributed by atoms with Gasteiger partial charge in [-0.05, 0) is 250 Å². The van der Waals surface area contributed by atoms with Crippen LogP contribution in [0.2, 0.25) is 0 Å². The van der Waals surface area contributed by atoms with Gasteiger partial charge in [-0.1, -0.05) is 217 Å². The van der Waals surface area contributed by atoms with Crippen LogP contribution in [-0.2, 0) is 5.41 Å². The predicted octanol–water partition coefficient (Wildman–Crippen LogP) is 36.9. The molecule has 22 rings (SSSR count). The molecule has 9 heteroatoms. The molecule has 3 nitrogen and oxygen atoms in total. The van der Waals surface area contributed by atoms with E-state index in [1.165, 1.54) is 177 Å². The standard InChI is InChI=1S/C26H29OS.C21H19OS.C20H16OS.C18H13S.C18H19S.C14H11S/c1-4-5-6-11-16-27-26-19(2)17-21(18-20(26)3)28-24-14-9-7-12-22(24)23-13-8-10-15-25(23)28;1-14-12-16(13-15(2)21(14)22-3)23-19-10-6-4-8-17(19)18-9-5-7-11-20(18)23;1-13-11-15(12-14(2)20(13)21)22-18-9-5-3-7-16(18)17-8-4-6-10-19(17)22;1-2-8-14(9-3-1)19-17-12-6-4-10-15(17)16-11-5-7-13-18(16)19;1-18(2,3)15-8-10-16(11-9-15)19-13-12-14-6-4-5-7-17(14)19;1-2-7-13(8-3-1)15-11-10-12-6-4-5-9-14(12)15/h7-10,12-15,17-18H,4-6,11,16H2,1-3H3;4-13H,1-3H3;3-12H,1-2H3;1-13H;4-13H,1-3H3;1-11H/q2*+1;;3*+1/p+1. The van der Waals surface area contributed by atoms with Gasteiger partial charge in [0, 0.05) is 165 Å². The lowest BCUT2D eigenvalue weighted by Gasteiger charge is -2.18. The molecule has 0 aliphatic heterocycles. The number of rotatable bonds is 13. The Balaban J connectivity index is 0.000000108. The number of fused-ring (bicyclic) bond motifs is 14. The molecule has 0 saturated heterocycles. The van der Waals surface area contributed by atoms with E-state index in [-0.39, 0.29) is 68.2 Å². The Labute approximate surface area is 758 Å². The monoisotopic (exact) mass is 1750 g/mol. The van der Waals surface area contributed by atoms with Crippen LogP contribution in [0.1, 0.15) is 92.3 Å². The van der Waals surface area contributed by atoms with Crippen LogP contribution in [0.4, 0.5) is 0 Å². The van der Waals surface area contributed by atoms with E-state index in [9.17, 15) is 5.11 Å². The topological polar surface area (TPSA) is 38.7 Å². The Morgan fingerprint density at radius 1 is 0.262 bits per heavy atom. The van der Waals surface area contributed by atoms with Crippen molar-refractivity contribution in [2.45, 2.75) is 100 Å². The number of aromatic hydroxyl groups is 1. The summed E-state index contributed by atoms with van der Waals surface area (Å²) in [7, 11) is 1.94. The van der Waals surface area contributed by atoms with Crippen molar-refractivity contribution >= 4 is 164 Å². The highest BCUT2D eigenvalue weighted by Crippen LogP contribution is 2.54. The van der Waals surface area contributed by atoms with Crippen LogP contribution >= 0.6 is 62.8 Å². The van der Waals surface area contributed by atoms with Crippen molar-refractivity contribution < 1.29 is 14.6 Å². The van der Waals surface area contributed by atoms with Gasteiger partial charge in [0.15, 0.2) is 76.4 Å². The van der Waals surface area contributed by atoms with E-state index in [0.29, 0.717) is 5.75 Å². The Hall–Kier alpha value is -12.3. The van der Waals surface area contributed by atoms with Crippen molar-refractivity contribution in [2.75, 3.05) is 13.7 Å². The summed E-state index contributed by atoms with van der Waals surface area (Å²) in [4.78, 5) is 8.27. The SMILES string of the molecule is CC(C)(C)c1ccc(-[s+]2ccc3ccccc32)cc1.CCCCCCOc1c(C)cc(-[s+]2c3ccccc3c3ccccc32)cc1C.COc1c(C)cc(-[s+]2c3ccccc3c3ccccc32)cc1C.Cc1cc(-[s+]2c3ccccc3c3ccccc32)cc(C)c1O.c1ccc(-[s+]2c3ccccc3c3ccccc32)cc1.c1ccc(-[s+]2ccc3ccccc32)cc1. The quantitative estimate of drug-likeness (QED) is 0.0924. The van der Waals surface area contributed by atoms with E-state index in [4.69, 9.17) is 9.47 Å². The highest BCUT2D eigenvalue weighted by molar-refractivity contribution is 7.52. The lowest BCUT2D eigenvalue weighted by atomic mass is 9.87. The normalized spacial score (nSPS) is 11.6. The fraction of sp³-hybridized carbons (Fsp3) is 0.145. The zero-order valence-corrected chi connectivity index (χ0v) is 78.6. The van der Waals surface area contributed by atoms with E-state index in [1.54, 1.807) is 7.11 Å². The molecule has 0 fully saturated rings. The molecule has 0 amide bonds. The van der Waals surface area contributed by atoms with Crippen molar-refractivity contribution in [1.29, 1.82) is 0 Å². The van der Waals surface area contributed by atoms with Gasteiger partial charge in [0.2, 0.25) is 0 Å². The number of benzene rings is 16. The molecule has 0 radical (unpaired) electrons. The third kappa shape index (κ3) is 17.9. The molecule has 22 aromatic rings. The van der Waals surface area contributed by atoms with Crippen molar-refractivity contribution in [3.05, 3.63) is 426 Å². The zero-order chi connectivity index (χ0) is 87.0. The number of aryl methyl sites for hydroxylation is 6. The molecule has 6 heterocycles.